The van der Waals surface area contributed by atoms with Gasteiger partial charge in [-0.3, -0.25) is 4.79 Å². The maximum atomic E-state index is 12.0. The minimum absolute atomic E-state index is 0.0455. The molecule has 0 aliphatic heterocycles. The number of carbonyl (C=O) groups is 1. The fourth-order valence-electron chi connectivity index (χ4n) is 3.31. The molecule has 0 spiro atoms. The highest BCUT2D eigenvalue weighted by molar-refractivity contribution is 5.73. The molecule has 0 N–H and O–H groups in total. The number of ether oxygens (including phenoxy) is 1. The van der Waals surface area contributed by atoms with Gasteiger partial charge in [0.2, 0.25) is 0 Å². The second-order valence-electron chi connectivity index (χ2n) is 6.60. The molecule has 0 aromatic heterocycles. The van der Waals surface area contributed by atoms with Crippen LogP contribution in [0.15, 0.2) is 0 Å². The van der Waals surface area contributed by atoms with Crippen LogP contribution in [-0.4, -0.2) is 11.6 Å². The molecule has 16 heavy (non-hydrogen) atoms. The van der Waals surface area contributed by atoms with Crippen molar-refractivity contribution in [2.24, 2.45) is 17.8 Å². The van der Waals surface area contributed by atoms with Crippen molar-refractivity contribution in [2.45, 2.75) is 64.9 Å². The van der Waals surface area contributed by atoms with E-state index < -0.39 is 0 Å². The Bertz CT molecular complexity index is 252. The van der Waals surface area contributed by atoms with Crippen LogP contribution in [0, 0.1) is 17.8 Å². The Labute approximate surface area is 98.7 Å². The maximum absolute atomic E-state index is 12.0. The molecule has 2 nitrogen and oxygen atoms in total. The summed E-state index contributed by atoms with van der Waals surface area (Å²) in [5.41, 5.74) is -0.330. The van der Waals surface area contributed by atoms with E-state index in [0.717, 1.165) is 24.7 Å². The SMILES string of the molecule is CC(C)(C)OC(=O)C1CC2CCCC(C2)C1. The summed E-state index contributed by atoms with van der Waals surface area (Å²) in [7, 11) is 0. The summed E-state index contributed by atoms with van der Waals surface area (Å²) >= 11 is 0. The molecule has 0 amide bonds. The third-order valence-electron chi connectivity index (χ3n) is 3.87. The third-order valence-corrected chi connectivity index (χ3v) is 3.87. The standard InChI is InChI=1S/C14H24O2/c1-14(2,3)16-13(15)12-8-10-5-4-6-11(7-10)9-12/h10-12H,4-9H2,1-3H3. The zero-order chi connectivity index (χ0) is 11.8. The summed E-state index contributed by atoms with van der Waals surface area (Å²) < 4.78 is 5.50. The van der Waals surface area contributed by atoms with E-state index in [9.17, 15) is 4.79 Å². The van der Waals surface area contributed by atoms with Gasteiger partial charge in [0.05, 0.1) is 5.92 Å². The topological polar surface area (TPSA) is 26.3 Å². The second-order valence-corrected chi connectivity index (χ2v) is 6.60. The molecule has 2 saturated carbocycles. The molecule has 0 radical (unpaired) electrons. The van der Waals surface area contributed by atoms with Gasteiger partial charge in [-0.05, 0) is 51.9 Å². The van der Waals surface area contributed by atoms with Crippen molar-refractivity contribution < 1.29 is 9.53 Å². The first-order valence-corrected chi connectivity index (χ1v) is 6.67. The van der Waals surface area contributed by atoms with Crippen molar-refractivity contribution in [3.05, 3.63) is 0 Å². The third kappa shape index (κ3) is 2.99. The fraction of sp³-hybridized carbons (Fsp3) is 0.929. The number of hydrogen-bond acceptors (Lipinski definition) is 2. The molecule has 2 bridgehead atoms. The molecule has 2 heteroatoms. The van der Waals surface area contributed by atoms with Crippen molar-refractivity contribution in [2.75, 3.05) is 0 Å². The Hall–Kier alpha value is -0.530. The largest absolute Gasteiger partial charge is 0.460 e. The highest BCUT2D eigenvalue weighted by Gasteiger charge is 2.36. The monoisotopic (exact) mass is 224 g/mol. The van der Waals surface area contributed by atoms with E-state index in [1.54, 1.807) is 0 Å². The van der Waals surface area contributed by atoms with Gasteiger partial charge in [-0.25, -0.2) is 0 Å². The van der Waals surface area contributed by atoms with Gasteiger partial charge in [0, 0.05) is 0 Å². The Morgan fingerprint density at radius 2 is 1.62 bits per heavy atom. The quantitative estimate of drug-likeness (QED) is 0.637. The van der Waals surface area contributed by atoms with Crippen molar-refractivity contribution in [1.82, 2.24) is 0 Å². The highest BCUT2D eigenvalue weighted by atomic mass is 16.6. The molecular formula is C14H24O2. The minimum atomic E-state index is -0.330. The van der Waals surface area contributed by atoms with Gasteiger partial charge < -0.3 is 4.74 Å². The van der Waals surface area contributed by atoms with E-state index in [0.29, 0.717) is 0 Å². The van der Waals surface area contributed by atoms with Crippen LogP contribution in [0.2, 0.25) is 0 Å². The molecule has 0 saturated heterocycles. The van der Waals surface area contributed by atoms with Gasteiger partial charge in [0.1, 0.15) is 5.60 Å². The molecule has 2 rings (SSSR count). The predicted molar refractivity (Wildman–Crippen MR) is 64.0 cm³/mol. The highest BCUT2D eigenvalue weighted by Crippen LogP contribution is 2.43. The average molecular weight is 224 g/mol. The van der Waals surface area contributed by atoms with Crippen LogP contribution in [0.1, 0.15) is 59.3 Å². The molecule has 0 heterocycles. The summed E-state index contributed by atoms with van der Waals surface area (Å²) in [6.07, 6.45) is 7.54. The zero-order valence-electron chi connectivity index (χ0n) is 10.8. The summed E-state index contributed by atoms with van der Waals surface area (Å²) in [5.74, 6) is 1.82. The Morgan fingerprint density at radius 3 is 2.12 bits per heavy atom. The summed E-state index contributed by atoms with van der Waals surface area (Å²) in [6, 6.07) is 0. The second kappa shape index (κ2) is 4.38. The Kier molecular flexibility index (Phi) is 3.27. The first kappa shape index (κ1) is 11.9. The molecule has 2 aliphatic rings. The molecule has 2 aliphatic carbocycles. The maximum Gasteiger partial charge on any atom is 0.309 e. The van der Waals surface area contributed by atoms with Gasteiger partial charge in [-0.1, -0.05) is 19.3 Å². The van der Waals surface area contributed by atoms with E-state index in [-0.39, 0.29) is 17.5 Å². The fourth-order valence-corrected chi connectivity index (χ4v) is 3.31. The lowest BCUT2D eigenvalue weighted by molar-refractivity contribution is -0.162. The van der Waals surface area contributed by atoms with Crippen LogP contribution in [0.25, 0.3) is 0 Å². The van der Waals surface area contributed by atoms with Gasteiger partial charge in [-0.2, -0.15) is 0 Å². The van der Waals surface area contributed by atoms with Gasteiger partial charge in [0.15, 0.2) is 0 Å². The van der Waals surface area contributed by atoms with E-state index in [1.165, 1.54) is 25.7 Å². The Balaban J connectivity index is 1.92. The molecule has 92 valence electrons. The number of hydrogen-bond donors (Lipinski definition) is 0. The number of esters is 1. The van der Waals surface area contributed by atoms with E-state index >= 15 is 0 Å². The molecule has 0 aromatic rings. The van der Waals surface area contributed by atoms with Crippen molar-refractivity contribution in [1.29, 1.82) is 0 Å². The summed E-state index contributed by atoms with van der Waals surface area (Å²) in [4.78, 5) is 12.0. The minimum Gasteiger partial charge on any atom is -0.460 e. The number of carbonyl (C=O) groups excluding carboxylic acids is 1. The molecular weight excluding hydrogens is 200 g/mol. The van der Waals surface area contributed by atoms with E-state index in [1.807, 2.05) is 20.8 Å². The smallest absolute Gasteiger partial charge is 0.309 e. The predicted octanol–water partition coefficient (Wildman–Crippen LogP) is 3.54. The summed E-state index contributed by atoms with van der Waals surface area (Å²) in [5, 5.41) is 0. The molecule has 2 fully saturated rings. The van der Waals surface area contributed by atoms with Crippen LogP contribution < -0.4 is 0 Å². The van der Waals surface area contributed by atoms with E-state index in [2.05, 4.69) is 0 Å². The van der Waals surface area contributed by atoms with Gasteiger partial charge in [-0.15, -0.1) is 0 Å². The zero-order valence-corrected chi connectivity index (χ0v) is 10.8. The lowest BCUT2D eigenvalue weighted by atomic mass is 9.68. The lowest BCUT2D eigenvalue weighted by Gasteiger charge is -2.38. The van der Waals surface area contributed by atoms with Crippen LogP contribution in [0.4, 0.5) is 0 Å². The van der Waals surface area contributed by atoms with Crippen LogP contribution in [0.3, 0.4) is 0 Å². The Morgan fingerprint density at radius 1 is 1.06 bits per heavy atom. The van der Waals surface area contributed by atoms with Crippen LogP contribution >= 0.6 is 0 Å². The first-order chi connectivity index (χ1) is 7.44. The average Bonchev–Trinajstić information content (AvgIpc) is 2.14. The molecule has 0 aromatic carbocycles. The van der Waals surface area contributed by atoms with Crippen molar-refractivity contribution >= 4 is 5.97 Å². The van der Waals surface area contributed by atoms with Crippen LogP contribution in [0.5, 0.6) is 0 Å². The van der Waals surface area contributed by atoms with Crippen LogP contribution in [-0.2, 0) is 9.53 Å². The van der Waals surface area contributed by atoms with Crippen molar-refractivity contribution in [3.63, 3.8) is 0 Å². The lowest BCUT2D eigenvalue weighted by Crippen LogP contribution is -2.35. The number of fused-ring (bicyclic) bond motifs is 2. The number of rotatable bonds is 1. The summed E-state index contributed by atoms with van der Waals surface area (Å²) in [6.45, 7) is 5.86. The van der Waals surface area contributed by atoms with Gasteiger partial charge >= 0.3 is 5.97 Å². The molecule has 2 atom stereocenters. The first-order valence-electron chi connectivity index (χ1n) is 6.67. The molecule has 2 unspecified atom stereocenters. The normalized spacial score (nSPS) is 34.6. The van der Waals surface area contributed by atoms with Crippen molar-refractivity contribution in [3.8, 4) is 0 Å². The van der Waals surface area contributed by atoms with E-state index in [4.69, 9.17) is 4.74 Å². The van der Waals surface area contributed by atoms with Gasteiger partial charge in [0.25, 0.3) is 0 Å².